The van der Waals surface area contributed by atoms with E-state index in [0.29, 0.717) is 0 Å². The van der Waals surface area contributed by atoms with E-state index in [-0.39, 0.29) is 6.61 Å². The molecule has 2 aliphatic heterocycles. The first-order valence-corrected chi connectivity index (χ1v) is 5.44. The van der Waals surface area contributed by atoms with E-state index in [4.69, 9.17) is 18.9 Å². The number of methoxy groups -OCH3 is 1. The van der Waals surface area contributed by atoms with Crippen LogP contribution in [0.15, 0.2) is 17.9 Å². The van der Waals surface area contributed by atoms with Gasteiger partial charge in [-0.1, -0.05) is 5.73 Å². The molecule has 2 aliphatic rings. The zero-order valence-corrected chi connectivity index (χ0v) is 9.93. The Balaban J connectivity index is 2.36. The summed E-state index contributed by atoms with van der Waals surface area (Å²) in [5.74, 6) is 0. The highest BCUT2D eigenvalue weighted by Gasteiger charge is 2.61. The maximum Gasteiger partial charge on any atom is 0.312 e. The van der Waals surface area contributed by atoms with Crippen molar-refractivity contribution in [2.24, 2.45) is 0 Å². The number of ether oxygens (including phenoxy) is 4. The molecule has 5 nitrogen and oxygen atoms in total. The predicted octanol–water partition coefficient (Wildman–Crippen LogP) is -0.644. The van der Waals surface area contributed by atoms with Gasteiger partial charge in [-0.05, 0) is 6.08 Å². The molecule has 2 rings (SSSR count). The first-order chi connectivity index (χ1) is 8.53. The van der Waals surface area contributed by atoms with Crippen molar-refractivity contribution in [3.8, 4) is 0 Å². The van der Waals surface area contributed by atoms with E-state index in [1.165, 1.54) is 7.11 Å². The van der Waals surface area contributed by atoms with E-state index >= 15 is 0 Å². The Bertz CT molecular complexity index is 382. The van der Waals surface area contributed by atoms with Gasteiger partial charge in [0.2, 0.25) is 0 Å². The summed E-state index contributed by atoms with van der Waals surface area (Å²) in [6.07, 6.45) is -2.26. The summed E-state index contributed by atoms with van der Waals surface area (Å²) in [6, 6.07) is -0.563. The third-order valence-electron chi connectivity index (χ3n) is 3.13. The average molecular weight is 262 g/mol. The highest BCUT2D eigenvalue weighted by molar-refractivity contribution is 6.12. The lowest BCUT2D eigenvalue weighted by molar-refractivity contribution is -0.254. The second-order valence-corrected chi connectivity index (χ2v) is 4.10. The van der Waals surface area contributed by atoms with Gasteiger partial charge in [-0.2, -0.15) is 8.78 Å². The van der Waals surface area contributed by atoms with Gasteiger partial charge < -0.3 is 24.1 Å². The Kier molecular flexibility index (Phi) is 3.86. The van der Waals surface area contributed by atoms with Crippen LogP contribution in [0.2, 0.25) is 0 Å². The van der Waals surface area contributed by atoms with Gasteiger partial charge in [-0.15, -0.1) is 0 Å². The number of rotatable bonds is 3. The minimum atomic E-state index is -1.97. The summed E-state index contributed by atoms with van der Waals surface area (Å²) in [4.78, 5) is 0. The zero-order chi connectivity index (χ0) is 13.3. The molecular formula is C10H13BF2O5. The van der Waals surface area contributed by atoms with E-state index in [0.717, 1.165) is 6.08 Å². The van der Waals surface area contributed by atoms with Gasteiger partial charge in [0.1, 0.15) is 25.7 Å². The van der Waals surface area contributed by atoms with Gasteiger partial charge in [-0.3, -0.25) is 0 Å². The summed E-state index contributed by atoms with van der Waals surface area (Å²) < 4.78 is 45.6. The minimum Gasteiger partial charge on any atom is -0.394 e. The SMILES string of the molecule is B[C@@H]1O[C@H](CO)C2OC(OC)O[C@]21C=C=C(F)F. The summed E-state index contributed by atoms with van der Waals surface area (Å²) in [6.45, 7) is -1.28. The van der Waals surface area contributed by atoms with E-state index in [2.05, 4.69) is 0 Å². The van der Waals surface area contributed by atoms with Gasteiger partial charge in [0, 0.05) is 7.11 Å². The van der Waals surface area contributed by atoms with Crippen LogP contribution in [0.25, 0.3) is 0 Å². The molecule has 0 bridgehead atoms. The highest BCUT2D eigenvalue weighted by Crippen LogP contribution is 2.43. The van der Waals surface area contributed by atoms with Crippen LogP contribution < -0.4 is 0 Å². The third kappa shape index (κ3) is 2.11. The molecule has 0 radical (unpaired) electrons. The van der Waals surface area contributed by atoms with Crippen LogP contribution in [0.3, 0.4) is 0 Å². The van der Waals surface area contributed by atoms with E-state index < -0.39 is 36.4 Å². The average Bonchev–Trinajstić information content (AvgIpc) is 2.83. The fraction of sp³-hybridized carbons (Fsp3) is 0.700. The second kappa shape index (κ2) is 5.09. The Hall–Kier alpha value is -0.755. The first-order valence-electron chi connectivity index (χ1n) is 5.44. The van der Waals surface area contributed by atoms with Crippen LogP contribution >= 0.6 is 0 Å². The standard InChI is InChI=1S/C10H13BF2O5/c1-15-9-17-7-5(4-14)16-8(11)10(7,18-9)3-2-6(12)13/h3,5,7-9,14H,4,11H2,1H3/t5-,7?,8-,9?,10-/m1/s1. The second-order valence-electron chi connectivity index (χ2n) is 4.10. The quantitative estimate of drug-likeness (QED) is 0.541. The van der Waals surface area contributed by atoms with E-state index in [1.54, 1.807) is 13.6 Å². The molecule has 0 aromatic rings. The molecule has 2 fully saturated rings. The predicted molar refractivity (Wildman–Crippen MR) is 57.6 cm³/mol. The molecule has 18 heavy (non-hydrogen) atoms. The summed E-state index contributed by atoms with van der Waals surface area (Å²) in [5.41, 5.74) is 0.581. The lowest BCUT2D eigenvalue weighted by atomic mass is 9.80. The van der Waals surface area contributed by atoms with Gasteiger partial charge in [-0.25, -0.2) is 0 Å². The molecular weight excluding hydrogens is 249 g/mol. The van der Waals surface area contributed by atoms with Crippen LogP contribution in [0.5, 0.6) is 0 Å². The van der Waals surface area contributed by atoms with Crippen LogP contribution in [-0.2, 0) is 18.9 Å². The lowest BCUT2D eigenvalue weighted by Gasteiger charge is -2.24. The van der Waals surface area contributed by atoms with Gasteiger partial charge in [0.05, 0.1) is 12.6 Å². The Labute approximate surface area is 103 Å². The minimum absolute atomic E-state index is 0.299. The van der Waals surface area contributed by atoms with E-state index in [1.807, 2.05) is 0 Å². The Morgan fingerprint density at radius 3 is 2.83 bits per heavy atom. The molecule has 0 amide bonds. The summed E-state index contributed by atoms with van der Waals surface area (Å²) >= 11 is 0. The van der Waals surface area contributed by atoms with Crippen molar-refractivity contribution < 1.29 is 32.8 Å². The lowest BCUT2D eigenvalue weighted by Crippen LogP contribution is -2.45. The normalized spacial score (nSPS) is 42.4. The smallest absolute Gasteiger partial charge is 0.312 e. The maximum atomic E-state index is 12.2. The molecule has 8 heteroatoms. The molecule has 0 saturated carbocycles. The van der Waals surface area contributed by atoms with Crippen LogP contribution in [0.4, 0.5) is 8.78 Å². The molecule has 0 aliphatic carbocycles. The molecule has 5 atom stereocenters. The van der Waals surface area contributed by atoms with Crippen molar-refractivity contribution in [2.75, 3.05) is 13.7 Å². The monoisotopic (exact) mass is 262 g/mol. The largest absolute Gasteiger partial charge is 0.394 e. The van der Waals surface area contributed by atoms with E-state index in [9.17, 15) is 13.9 Å². The van der Waals surface area contributed by atoms with Crippen molar-refractivity contribution in [2.45, 2.75) is 30.3 Å². The number of aliphatic hydroxyl groups excluding tert-OH is 1. The number of hydrogen-bond donors (Lipinski definition) is 1. The highest BCUT2D eigenvalue weighted by atomic mass is 19.3. The molecule has 2 heterocycles. The van der Waals surface area contributed by atoms with Crippen molar-refractivity contribution in [3.63, 3.8) is 0 Å². The zero-order valence-electron chi connectivity index (χ0n) is 9.93. The van der Waals surface area contributed by atoms with Gasteiger partial charge in [0.15, 0.2) is 0 Å². The van der Waals surface area contributed by atoms with Crippen molar-refractivity contribution >= 4 is 7.85 Å². The van der Waals surface area contributed by atoms with Crippen molar-refractivity contribution in [1.82, 2.24) is 0 Å². The fourth-order valence-electron chi connectivity index (χ4n) is 2.28. The van der Waals surface area contributed by atoms with Crippen LogP contribution in [0, 0.1) is 0 Å². The Morgan fingerprint density at radius 2 is 2.28 bits per heavy atom. The number of aliphatic hydroxyl groups is 1. The first kappa shape index (κ1) is 13.7. The molecule has 2 unspecified atom stereocenters. The van der Waals surface area contributed by atoms with Crippen LogP contribution in [0.1, 0.15) is 0 Å². The molecule has 0 aromatic carbocycles. The summed E-state index contributed by atoms with van der Waals surface area (Å²) in [5, 5.41) is 9.19. The topological polar surface area (TPSA) is 57.2 Å². The number of fused-ring (bicyclic) bond motifs is 1. The molecule has 0 spiro atoms. The third-order valence-corrected chi connectivity index (χ3v) is 3.13. The van der Waals surface area contributed by atoms with Gasteiger partial charge in [0.25, 0.3) is 6.48 Å². The van der Waals surface area contributed by atoms with Crippen LogP contribution in [-0.4, -0.2) is 57.0 Å². The maximum absolute atomic E-state index is 12.2. The van der Waals surface area contributed by atoms with Crippen molar-refractivity contribution in [1.29, 1.82) is 0 Å². The molecule has 100 valence electrons. The summed E-state index contributed by atoms with van der Waals surface area (Å²) in [7, 11) is 3.02. The Morgan fingerprint density at radius 1 is 1.56 bits per heavy atom. The molecule has 2 saturated heterocycles. The fourth-order valence-corrected chi connectivity index (χ4v) is 2.28. The number of halogens is 2. The molecule has 0 aromatic heterocycles. The number of hydrogen-bond acceptors (Lipinski definition) is 5. The molecule has 1 N–H and O–H groups in total. The van der Waals surface area contributed by atoms with Crippen molar-refractivity contribution in [3.05, 3.63) is 17.9 Å². The van der Waals surface area contributed by atoms with Gasteiger partial charge >= 0.3 is 6.08 Å².